The highest BCUT2D eigenvalue weighted by Gasteiger charge is 2.14. The first kappa shape index (κ1) is 14.0. The second-order valence-corrected chi connectivity index (χ2v) is 5.94. The van der Waals surface area contributed by atoms with Crippen molar-refractivity contribution in [3.05, 3.63) is 40.6 Å². The molecule has 1 aromatic carbocycles. The van der Waals surface area contributed by atoms with E-state index in [1.165, 1.54) is 23.5 Å². The molecule has 3 aromatic rings. The predicted molar refractivity (Wildman–Crippen MR) is 79.3 cm³/mol. The molecule has 0 spiro atoms. The van der Waals surface area contributed by atoms with E-state index in [0.29, 0.717) is 17.2 Å². The molecule has 1 N–H and O–H groups in total. The molecule has 0 fully saturated rings. The third kappa shape index (κ3) is 3.06. The molecule has 2 heterocycles. The third-order valence-electron chi connectivity index (χ3n) is 2.80. The number of aliphatic carboxylic acids is 1. The Morgan fingerprint density at radius 1 is 1.48 bits per heavy atom. The van der Waals surface area contributed by atoms with Gasteiger partial charge in [-0.05, 0) is 12.1 Å². The number of thioether (sulfide) groups is 1. The Balaban J connectivity index is 2.03. The summed E-state index contributed by atoms with van der Waals surface area (Å²) in [5.74, 6) is -1.38. The summed E-state index contributed by atoms with van der Waals surface area (Å²) in [7, 11) is 0. The summed E-state index contributed by atoms with van der Waals surface area (Å²) in [6, 6.07) is 4.36. The monoisotopic (exact) mass is 323 g/mol. The minimum absolute atomic E-state index is 0.0944. The summed E-state index contributed by atoms with van der Waals surface area (Å²) in [4.78, 5) is 19.3. The van der Waals surface area contributed by atoms with Crippen LogP contribution in [-0.2, 0) is 11.3 Å². The smallest absolute Gasteiger partial charge is 0.313 e. The van der Waals surface area contributed by atoms with Crippen LogP contribution in [0.25, 0.3) is 11.0 Å². The molecule has 0 radical (unpaired) electrons. The van der Waals surface area contributed by atoms with Gasteiger partial charge in [-0.1, -0.05) is 11.8 Å². The van der Waals surface area contributed by atoms with Crippen LogP contribution in [0.2, 0.25) is 0 Å². The summed E-state index contributed by atoms with van der Waals surface area (Å²) < 4.78 is 15.2. The van der Waals surface area contributed by atoms with E-state index in [4.69, 9.17) is 5.11 Å². The van der Waals surface area contributed by atoms with Gasteiger partial charge in [0.15, 0.2) is 5.16 Å². The highest BCUT2D eigenvalue weighted by atomic mass is 32.2. The van der Waals surface area contributed by atoms with E-state index in [1.54, 1.807) is 11.6 Å². The zero-order chi connectivity index (χ0) is 14.8. The van der Waals surface area contributed by atoms with E-state index < -0.39 is 5.97 Å². The number of imidazole rings is 1. The van der Waals surface area contributed by atoms with Gasteiger partial charge in [0.25, 0.3) is 0 Å². The van der Waals surface area contributed by atoms with Gasteiger partial charge in [-0.2, -0.15) is 0 Å². The SMILES string of the molecule is O=C(O)CSc1nc2cc(F)ccc2n1Cc1cscn1. The van der Waals surface area contributed by atoms with Crippen LogP contribution in [0.15, 0.2) is 34.2 Å². The maximum atomic E-state index is 13.3. The van der Waals surface area contributed by atoms with Gasteiger partial charge < -0.3 is 9.67 Å². The number of fused-ring (bicyclic) bond motifs is 1. The highest BCUT2D eigenvalue weighted by molar-refractivity contribution is 7.99. The average Bonchev–Trinajstić information content (AvgIpc) is 3.05. The van der Waals surface area contributed by atoms with Crippen molar-refractivity contribution >= 4 is 40.1 Å². The first-order chi connectivity index (χ1) is 10.1. The number of hydrogen-bond donors (Lipinski definition) is 1. The fourth-order valence-corrected chi connectivity index (χ4v) is 3.23. The molecule has 0 saturated heterocycles. The number of halogens is 1. The predicted octanol–water partition coefficient (Wildman–Crippen LogP) is 2.86. The Morgan fingerprint density at radius 2 is 2.33 bits per heavy atom. The van der Waals surface area contributed by atoms with Crippen LogP contribution in [0.1, 0.15) is 5.69 Å². The van der Waals surface area contributed by atoms with E-state index in [0.717, 1.165) is 23.0 Å². The van der Waals surface area contributed by atoms with Crippen LogP contribution in [0.5, 0.6) is 0 Å². The van der Waals surface area contributed by atoms with Gasteiger partial charge >= 0.3 is 5.97 Å². The Kier molecular flexibility index (Phi) is 3.89. The lowest BCUT2D eigenvalue weighted by Gasteiger charge is -2.06. The van der Waals surface area contributed by atoms with Crippen LogP contribution in [0.3, 0.4) is 0 Å². The molecule has 3 rings (SSSR count). The lowest BCUT2D eigenvalue weighted by Crippen LogP contribution is -2.04. The normalized spacial score (nSPS) is 11.1. The molecule has 0 unspecified atom stereocenters. The van der Waals surface area contributed by atoms with Crippen LogP contribution in [0, 0.1) is 5.82 Å². The molecule has 0 amide bonds. The Bertz CT molecular complexity index is 786. The quantitative estimate of drug-likeness (QED) is 0.731. The second-order valence-electron chi connectivity index (χ2n) is 4.28. The lowest BCUT2D eigenvalue weighted by molar-refractivity contribution is -0.133. The van der Waals surface area contributed by atoms with Crippen molar-refractivity contribution in [1.29, 1.82) is 0 Å². The first-order valence-corrected chi connectivity index (χ1v) is 7.94. The number of benzene rings is 1. The fourth-order valence-electron chi connectivity index (χ4n) is 1.95. The highest BCUT2D eigenvalue weighted by Crippen LogP contribution is 2.25. The largest absolute Gasteiger partial charge is 0.481 e. The third-order valence-corrected chi connectivity index (χ3v) is 4.40. The van der Waals surface area contributed by atoms with Gasteiger partial charge in [0, 0.05) is 11.4 Å². The average molecular weight is 323 g/mol. The molecule has 0 bridgehead atoms. The van der Waals surface area contributed by atoms with Crippen LogP contribution < -0.4 is 0 Å². The first-order valence-electron chi connectivity index (χ1n) is 6.01. The summed E-state index contributed by atoms with van der Waals surface area (Å²) in [6.07, 6.45) is 0. The molecule has 0 aliphatic rings. The molecule has 0 atom stereocenters. The van der Waals surface area contributed by atoms with Crippen molar-refractivity contribution in [2.24, 2.45) is 0 Å². The maximum absolute atomic E-state index is 13.3. The van der Waals surface area contributed by atoms with Crippen molar-refractivity contribution < 1.29 is 14.3 Å². The minimum Gasteiger partial charge on any atom is -0.481 e. The molecular formula is C13H10FN3O2S2. The van der Waals surface area contributed by atoms with Crippen LogP contribution >= 0.6 is 23.1 Å². The number of hydrogen-bond acceptors (Lipinski definition) is 5. The molecule has 8 heteroatoms. The van der Waals surface area contributed by atoms with Crippen LogP contribution in [-0.4, -0.2) is 31.4 Å². The molecular weight excluding hydrogens is 313 g/mol. The summed E-state index contributed by atoms with van der Waals surface area (Å²) >= 11 is 2.60. The Morgan fingerprint density at radius 3 is 3.05 bits per heavy atom. The number of carbonyl (C=O) groups is 1. The van der Waals surface area contributed by atoms with Gasteiger partial charge in [-0.15, -0.1) is 11.3 Å². The van der Waals surface area contributed by atoms with Crippen molar-refractivity contribution in [2.45, 2.75) is 11.7 Å². The van der Waals surface area contributed by atoms with E-state index >= 15 is 0 Å². The van der Waals surface area contributed by atoms with Crippen molar-refractivity contribution in [3.63, 3.8) is 0 Å². The van der Waals surface area contributed by atoms with Gasteiger partial charge in [-0.25, -0.2) is 14.4 Å². The number of nitrogens with zero attached hydrogens (tertiary/aromatic N) is 3. The zero-order valence-electron chi connectivity index (χ0n) is 10.7. The Labute approximate surface area is 127 Å². The number of rotatable bonds is 5. The lowest BCUT2D eigenvalue weighted by atomic mass is 10.3. The van der Waals surface area contributed by atoms with Crippen molar-refractivity contribution in [1.82, 2.24) is 14.5 Å². The van der Waals surface area contributed by atoms with Crippen molar-refractivity contribution in [2.75, 3.05) is 5.75 Å². The minimum atomic E-state index is -0.918. The topological polar surface area (TPSA) is 68.0 Å². The number of aromatic nitrogens is 3. The van der Waals surface area contributed by atoms with Gasteiger partial charge in [0.05, 0.1) is 34.5 Å². The molecule has 0 saturated carbocycles. The summed E-state index contributed by atoms with van der Waals surface area (Å²) in [5.41, 5.74) is 3.87. The number of thiazole rings is 1. The van der Waals surface area contributed by atoms with E-state index in [1.807, 2.05) is 9.95 Å². The molecule has 108 valence electrons. The number of carboxylic acid groups (broad SMARTS) is 1. The van der Waals surface area contributed by atoms with Crippen molar-refractivity contribution in [3.8, 4) is 0 Å². The zero-order valence-corrected chi connectivity index (χ0v) is 12.3. The Hall–Kier alpha value is -1.93. The van der Waals surface area contributed by atoms with E-state index in [-0.39, 0.29) is 11.6 Å². The standard InChI is InChI=1S/C13H10FN3O2S2/c14-8-1-2-11-10(3-8)16-13(21-6-12(18)19)17(11)4-9-5-20-7-15-9/h1-3,5,7H,4,6H2,(H,18,19). The second kappa shape index (κ2) is 5.82. The summed E-state index contributed by atoms with van der Waals surface area (Å²) in [5, 5.41) is 11.3. The molecule has 0 aliphatic heterocycles. The van der Waals surface area contributed by atoms with E-state index in [9.17, 15) is 9.18 Å². The fraction of sp³-hybridized carbons (Fsp3) is 0.154. The molecule has 0 aliphatic carbocycles. The maximum Gasteiger partial charge on any atom is 0.313 e. The molecule has 2 aromatic heterocycles. The van der Waals surface area contributed by atoms with Crippen LogP contribution in [0.4, 0.5) is 4.39 Å². The van der Waals surface area contributed by atoms with Gasteiger partial charge in [-0.3, -0.25) is 4.79 Å². The van der Waals surface area contributed by atoms with Gasteiger partial charge in [0.2, 0.25) is 0 Å². The molecule has 21 heavy (non-hydrogen) atoms. The van der Waals surface area contributed by atoms with Gasteiger partial charge in [0.1, 0.15) is 5.82 Å². The summed E-state index contributed by atoms with van der Waals surface area (Å²) in [6.45, 7) is 0.480. The number of carboxylic acids is 1. The molecule has 5 nitrogen and oxygen atoms in total. The van der Waals surface area contributed by atoms with E-state index in [2.05, 4.69) is 9.97 Å².